The normalized spacial score (nSPS) is 20.4. The van der Waals surface area contributed by atoms with E-state index in [-0.39, 0.29) is 11.7 Å². The topological polar surface area (TPSA) is 49.3 Å². The number of halogens is 1. The Balaban J connectivity index is 2.08. The number of aliphatic carboxylic acids is 1. The first-order valence-electron chi connectivity index (χ1n) is 6.07. The first-order valence-corrected chi connectivity index (χ1v) is 6.07. The van der Waals surface area contributed by atoms with Crippen molar-refractivity contribution in [2.75, 3.05) is 5.32 Å². The summed E-state index contributed by atoms with van der Waals surface area (Å²) in [6, 6.07) is 5.14. The molecule has 0 bridgehead atoms. The van der Waals surface area contributed by atoms with Gasteiger partial charge in [0.15, 0.2) is 0 Å². The molecule has 2 unspecified atom stereocenters. The molecule has 96 valence electrons. The van der Waals surface area contributed by atoms with Crippen molar-refractivity contribution in [1.29, 1.82) is 0 Å². The van der Waals surface area contributed by atoms with Gasteiger partial charge in [-0.25, -0.2) is 9.18 Å². The monoisotopic (exact) mass is 249 g/mol. The molecule has 0 fully saturated rings. The molecule has 1 aliphatic rings. The Morgan fingerprint density at radius 2 is 2.06 bits per heavy atom. The molecule has 2 atom stereocenters. The molecule has 0 aliphatic heterocycles. The summed E-state index contributed by atoms with van der Waals surface area (Å²) in [5.74, 6) is -1.11. The van der Waals surface area contributed by atoms with Crippen molar-refractivity contribution in [3.8, 4) is 0 Å². The van der Waals surface area contributed by atoms with Crippen LogP contribution < -0.4 is 5.32 Å². The smallest absolute Gasteiger partial charge is 0.326 e. The van der Waals surface area contributed by atoms with Gasteiger partial charge in [-0.05, 0) is 49.4 Å². The molecule has 18 heavy (non-hydrogen) atoms. The summed E-state index contributed by atoms with van der Waals surface area (Å²) in [6.07, 6.45) is 6.65. The van der Waals surface area contributed by atoms with E-state index in [9.17, 15) is 14.3 Å². The highest BCUT2D eigenvalue weighted by atomic mass is 19.1. The first kappa shape index (κ1) is 12.6. The first-order chi connectivity index (χ1) is 8.66. The molecule has 2 rings (SSSR count). The highest BCUT2D eigenvalue weighted by molar-refractivity contribution is 5.77. The average molecular weight is 249 g/mol. The predicted octanol–water partition coefficient (Wildman–Crippen LogP) is 3.05. The van der Waals surface area contributed by atoms with Crippen LogP contribution >= 0.6 is 0 Å². The Morgan fingerprint density at radius 1 is 1.33 bits per heavy atom. The number of carboxylic acid groups (broad SMARTS) is 1. The zero-order chi connectivity index (χ0) is 13.0. The molecule has 0 saturated carbocycles. The van der Waals surface area contributed by atoms with Crippen molar-refractivity contribution in [1.82, 2.24) is 0 Å². The highest BCUT2D eigenvalue weighted by Crippen LogP contribution is 2.24. The van der Waals surface area contributed by atoms with Crippen LogP contribution in [0.1, 0.15) is 19.3 Å². The van der Waals surface area contributed by atoms with E-state index >= 15 is 0 Å². The van der Waals surface area contributed by atoms with E-state index in [1.807, 2.05) is 6.08 Å². The van der Waals surface area contributed by atoms with Gasteiger partial charge in [-0.15, -0.1) is 0 Å². The minimum absolute atomic E-state index is 0.0811. The van der Waals surface area contributed by atoms with Crippen molar-refractivity contribution >= 4 is 11.7 Å². The van der Waals surface area contributed by atoms with Gasteiger partial charge < -0.3 is 10.4 Å². The van der Waals surface area contributed by atoms with Crippen LogP contribution in [0.5, 0.6) is 0 Å². The standard InChI is InChI=1S/C14H16FNO2/c15-11-6-8-12(9-7-11)16-13(14(17)18)10-4-2-1-3-5-10/h1-2,6-10,13,16H,3-5H2,(H,17,18). The molecule has 0 amide bonds. The third kappa shape index (κ3) is 3.09. The predicted molar refractivity (Wildman–Crippen MR) is 67.9 cm³/mol. The van der Waals surface area contributed by atoms with Crippen LogP contribution in [0, 0.1) is 11.7 Å². The molecule has 0 radical (unpaired) electrons. The van der Waals surface area contributed by atoms with Crippen molar-refractivity contribution in [3.05, 3.63) is 42.2 Å². The van der Waals surface area contributed by atoms with E-state index in [2.05, 4.69) is 11.4 Å². The molecule has 4 heteroatoms. The van der Waals surface area contributed by atoms with E-state index < -0.39 is 12.0 Å². The number of carboxylic acids is 1. The zero-order valence-electron chi connectivity index (χ0n) is 9.97. The SMILES string of the molecule is O=C(O)C(Nc1ccc(F)cc1)C1CC=CCC1. The van der Waals surface area contributed by atoms with Gasteiger partial charge in [0.25, 0.3) is 0 Å². The molecule has 3 nitrogen and oxygen atoms in total. The summed E-state index contributed by atoms with van der Waals surface area (Å²) in [7, 11) is 0. The largest absolute Gasteiger partial charge is 0.480 e. The van der Waals surface area contributed by atoms with Crippen LogP contribution in [-0.4, -0.2) is 17.1 Å². The fourth-order valence-corrected chi connectivity index (χ4v) is 2.23. The molecule has 0 heterocycles. The second-order valence-corrected chi connectivity index (χ2v) is 4.51. The number of hydrogen-bond acceptors (Lipinski definition) is 2. The van der Waals surface area contributed by atoms with Gasteiger partial charge in [-0.1, -0.05) is 12.2 Å². The maximum atomic E-state index is 12.8. The third-order valence-electron chi connectivity index (χ3n) is 3.21. The Labute approximate surface area is 105 Å². The van der Waals surface area contributed by atoms with Gasteiger partial charge in [-0.3, -0.25) is 0 Å². The number of hydrogen-bond donors (Lipinski definition) is 2. The fraction of sp³-hybridized carbons (Fsp3) is 0.357. The second-order valence-electron chi connectivity index (χ2n) is 4.51. The van der Waals surface area contributed by atoms with E-state index in [4.69, 9.17) is 0 Å². The third-order valence-corrected chi connectivity index (χ3v) is 3.21. The van der Waals surface area contributed by atoms with Gasteiger partial charge in [-0.2, -0.15) is 0 Å². The summed E-state index contributed by atoms with van der Waals surface area (Å²) in [6.45, 7) is 0. The lowest BCUT2D eigenvalue weighted by Gasteiger charge is -2.26. The van der Waals surface area contributed by atoms with Gasteiger partial charge in [0, 0.05) is 5.69 Å². The van der Waals surface area contributed by atoms with Crippen molar-refractivity contribution < 1.29 is 14.3 Å². The average Bonchev–Trinajstić information content (AvgIpc) is 2.38. The Bertz CT molecular complexity index is 442. The summed E-state index contributed by atoms with van der Waals surface area (Å²) in [5.41, 5.74) is 0.637. The van der Waals surface area contributed by atoms with Crippen LogP contribution in [0.3, 0.4) is 0 Å². The molecular weight excluding hydrogens is 233 g/mol. The Kier molecular flexibility index (Phi) is 3.97. The second kappa shape index (κ2) is 5.67. The Morgan fingerprint density at radius 3 is 2.61 bits per heavy atom. The van der Waals surface area contributed by atoms with Crippen LogP contribution in [0.15, 0.2) is 36.4 Å². The molecule has 1 aromatic rings. The number of rotatable bonds is 4. The van der Waals surface area contributed by atoms with E-state index in [0.29, 0.717) is 5.69 Å². The number of carbonyl (C=O) groups is 1. The molecular formula is C14H16FNO2. The van der Waals surface area contributed by atoms with E-state index in [0.717, 1.165) is 19.3 Å². The minimum atomic E-state index is -0.861. The summed E-state index contributed by atoms with van der Waals surface area (Å²) >= 11 is 0. The molecule has 2 N–H and O–H groups in total. The molecule has 0 saturated heterocycles. The summed E-state index contributed by atoms with van der Waals surface area (Å²) in [4.78, 5) is 11.3. The fourth-order valence-electron chi connectivity index (χ4n) is 2.23. The summed E-state index contributed by atoms with van der Waals surface area (Å²) in [5, 5.41) is 12.3. The van der Waals surface area contributed by atoms with Crippen LogP contribution in [0.2, 0.25) is 0 Å². The maximum absolute atomic E-state index is 12.8. The molecule has 1 aromatic carbocycles. The van der Waals surface area contributed by atoms with Gasteiger partial charge in [0.1, 0.15) is 11.9 Å². The lowest BCUT2D eigenvalue weighted by Crippen LogP contribution is -2.37. The lowest BCUT2D eigenvalue weighted by molar-refractivity contribution is -0.139. The molecule has 0 spiro atoms. The number of anilines is 1. The van der Waals surface area contributed by atoms with E-state index in [1.165, 1.54) is 12.1 Å². The van der Waals surface area contributed by atoms with Gasteiger partial charge in [0.2, 0.25) is 0 Å². The maximum Gasteiger partial charge on any atom is 0.326 e. The van der Waals surface area contributed by atoms with Gasteiger partial charge >= 0.3 is 5.97 Å². The van der Waals surface area contributed by atoms with Crippen molar-refractivity contribution in [3.63, 3.8) is 0 Å². The number of benzene rings is 1. The highest BCUT2D eigenvalue weighted by Gasteiger charge is 2.27. The summed E-state index contributed by atoms with van der Waals surface area (Å²) < 4.78 is 12.8. The van der Waals surface area contributed by atoms with Crippen LogP contribution in [0.25, 0.3) is 0 Å². The Hall–Kier alpha value is -1.84. The number of nitrogens with one attached hydrogen (secondary N) is 1. The zero-order valence-corrected chi connectivity index (χ0v) is 9.97. The lowest BCUT2D eigenvalue weighted by atomic mass is 9.87. The van der Waals surface area contributed by atoms with Crippen molar-refractivity contribution in [2.45, 2.75) is 25.3 Å². The number of allylic oxidation sites excluding steroid dienone is 2. The van der Waals surface area contributed by atoms with Crippen LogP contribution in [0.4, 0.5) is 10.1 Å². The van der Waals surface area contributed by atoms with E-state index in [1.54, 1.807) is 12.1 Å². The van der Waals surface area contributed by atoms with Crippen molar-refractivity contribution in [2.24, 2.45) is 5.92 Å². The quantitative estimate of drug-likeness (QED) is 0.806. The minimum Gasteiger partial charge on any atom is -0.480 e. The van der Waals surface area contributed by atoms with Crippen LogP contribution in [-0.2, 0) is 4.79 Å². The van der Waals surface area contributed by atoms with Gasteiger partial charge in [0.05, 0.1) is 0 Å². The molecule has 0 aromatic heterocycles. The molecule has 1 aliphatic carbocycles.